The first kappa shape index (κ1) is 12.1. The Hall–Kier alpha value is -2.37. The van der Waals surface area contributed by atoms with Crippen LogP contribution in [0.1, 0.15) is 12.0 Å². The maximum atomic E-state index is 11.5. The average molecular weight is 248 g/mol. The molecule has 0 spiro atoms. The maximum Gasteiger partial charge on any atom is 0.330 e. The maximum absolute atomic E-state index is 11.5. The predicted molar refractivity (Wildman–Crippen MR) is 61.7 cm³/mol. The fourth-order valence-electron chi connectivity index (χ4n) is 1.71. The second kappa shape index (κ2) is 4.87. The Balaban J connectivity index is 1.97. The molecule has 2 N–H and O–H groups in total. The van der Waals surface area contributed by atoms with Gasteiger partial charge in [-0.1, -0.05) is 12.1 Å². The lowest BCUT2D eigenvalue weighted by Crippen LogP contribution is -2.53. The highest BCUT2D eigenvalue weighted by Gasteiger charge is 2.30. The van der Waals surface area contributed by atoms with Gasteiger partial charge in [-0.3, -0.25) is 19.8 Å². The lowest BCUT2D eigenvalue weighted by molar-refractivity contribution is -0.136. The highest BCUT2D eigenvalue weighted by molar-refractivity contribution is 6.14. The largest absolute Gasteiger partial charge is 0.508 e. The number of hydrogen-bond acceptors (Lipinski definition) is 4. The van der Waals surface area contributed by atoms with Crippen LogP contribution in [0.25, 0.3) is 0 Å². The summed E-state index contributed by atoms with van der Waals surface area (Å²) in [6, 6.07) is 5.84. The van der Waals surface area contributed by atoms with Gasteiger partial charge >= 0.3 is 6.03 Å². The smallest absolute Gasteiger partial charge is 0.330 e. The van der Waals surface area contributed by atoms with Crippen LogP contribution < -0.4 is 5.32 Å². The molecule has 1 aliphatic heterocycles. The van der Waals surface area contributed by atoms with Crippen molar-refractivity contribution in [3.63, 3.8) is 0 Å². The van der Waals surface area contributed by atoms with Gasteiger partial charge < -0.3 is 5.11 Å². The van der Waals surface area contributed by atoms with Crippen LogP contribution in [-0.2, 0) is 16.0 Å². The number of carbonyl (C=O) groups excluding carboxylic acids is 3. The number of benzene rings is 1. The molecular formula is C12H12N2O4. The SMILES string of the molecule is O=C1CC(=O)N(CCc2ccc(O)cc2)C(=O)N1. The van der Waals surface area contributed by atoms with E-state index in [4.69, 9.17) is 5.11 Å². The number of carbonyl (C=O) groups is 3. The molecule has 1 aliphatic rings. The molecule has 0 aliphatic carbocycles. The average Bonchev–Trinajstić information content (AvgIpc) is 2.30. The lowest BCUT2D eigenvalue weighted by Gasteiger charge is -2.24. The Bertz CT molecular complexity index is 475. The fraction of sp³-hybridized carbons (Fsp3) is 0.250. The number of rotatable bonds is 3. The monoisotopic (exact) mass is 248 g/mol. The second-order valence-corrected chi connectivity index (χ2v) is 3.99. The minimum atomic E-state index is -0.671. The zero-order valence-electron chi connectivity index (χ0n) is 9.55. The molecule has 0 unspecified atom stereocenters. The third-order valence-corrected chi connectivity index (χ3v) is 2.66. The summed E-state index contributed by atoms with van der Waals surface area (Å²) in [6.45, 7) is 0.211. The van der Waals surface area contributed by atoms with E-state index in [1.807, 2.05) is 0 Å². The van der Waals surface area contributed by atoms with Gasteiger partial charge in [0.1, 0.15) is 12.2 Å². The van der Waals surface area contributed by atoms with E-state index in [1.165, 1.54) is 12.1 Å². The zero-order valence-corrected chi connectivity index (χ0v) is 9.55. The van der Waals surface area contributed by atoms with Crippen LogP contribution >= 0.6 is 0 Å². The minimum Gasteiger partial charge on any atom is -0.508 e. The van der Waals surface area contributed by atoms with Crippen molar-refractivity contribution >= 4 is 17.8 Å². The van der Waals surface area contributed by atoms with Crippen molar-refractivity contribution in [3.05, 3.63) is 29.8 Å². The van der Waals surface area contributed by atoms with Gasteiger partial charge in [0, 0.05) is 6.54 Å². The third kappa shape index (κ3) is 2.65. The zero-order chi connectivity index (χ0) is 13.1. The topological polar surface area (TPSA) is 86.7 Å². The Labute approximate surface area is 103 Å². The summed E-state index contributed by atoms with van der Waals surface area (Å²) in [5.74, 6) is -0.885. The summed E-state index contributed by atoms with van der Waals surface area (Å²) in [5, 5.41) is 11.2. The van der Waals surface area contributed by atoms with Crippen molar-refractivity contribution in [3.8, 4) is 5.75 Å². The van der Waals surface area contributed by atoms with Gasteiger partial charge in [0.25, 0.3) is 0 Å². The van der Waals surface area contributed by atoms with Gasteiger partial charge in [0.15, 0.2) is 0 Å². The molecule has 1 heterocycles. The van der Waals surface area contributed by atoms with Gasteiger partial charge in [-0.25, -0.2) is 4.79 Å². The molecule has 6 heteroatoms. The summed E-state index contributed by atoms with van der Waals surface area (Å²) in [4.78, 5) is 34.9. The lowest BCUT2D eigenvalue weighted by atomic mass is 10.1. The molecule has 4 amide bonds. The Morgan fingerprint density at radius 3 is 2.44 bits per heavy atom. The highest BCUT2D eigenvalue weighted by Crippen LogP contribution is 2.11. The van der Waals surface area contributed by atoms with E-state index in [1.54, 1.807) is 12.1 Å². The van der Waals surface area contributed by atoms with Crippen molar-refractivity contribution in [2.45, 2.75) is 12.8 Å². The number of nitrogens with zero attached hydrogens (tertiary/aromatic N) is 1. The van der Waals surface area contributed by atoms with Crippen LogP contribution in [0.2, 0.25) is 0 Å². The molecule has 0 bridgehead atoms. The molecule has 1 saturated heterocycles. The number of nitrogens with one attached hydrogen (secondary N) is 1. The fourth-order valence-corrected chi connectivity index (χ4v) is 1.71. The van der Waals surface area contributed by atoms with E-state index in [9.17, 15) is 14.4 Å². The van der Waals surface area contributed by atoms with Crippen LogP contribution in [-0.4, -0.2) is 34.4 Å². The molecule has 94 valence electrons. The van der Waals surface area contributed by atoms with Gasteiger partial charge in [-0.05, 0) is 24.1 Å². The van der Waals surface area contributed by atoms with E-state index < -0.39 is 17.8 Å². The van der Waals surface area contributed by atoms with Crippen molar-refractivity contribution in [2.24, 2.45) is 0 Å². The summed E-state index contributed by atoms with van der Waals surface area (Å²) in [6.07, 6.45) is 0.189. The molecule has 1 aromatic rings. The Morgan fingerprint density at radius 1 is 1.17 bits per heavy atom. The van der Waals surface area contributed by atoms with Gasteiger partial charge in [-0.15, -0.1) is 0 Å². The molecule has 1 fully saturated rings. The highest BCUT2D eigenvalue weighted by atomic mass is 16.3. The van der Waals surface area contributed by atoms with Crippen LogP contribution in [0.3, 0.4) is 0 Å². The minimum absolute atomic E-state index is 0.163. The molecular weight excluding hydrogens is 236 g/mol. The first-order valence-electron chi connectivity index (χ1n) is 5.48. The second-order valence-electron chi connectivity index (χ2n) is 3.99. The molecule has 0 radical (unpaired) electrons. The summed E-state index contributed by atoms with van der Waals surface area (Å²) in [7, 11) is 0. The van der Waals surface area contributed by atoms with Gasteiger partial charge in [0.2, 0.25) is 11.8 Å². The molecule has 0 saturated carbocycles. The van der Waals surface area contributed by atoms with Crippen LogP contribution in [0.15, 0.2) is 24.3 Å². The molecule has 0 aromatic heterocycles. The predicted octanol–water partition coefficient (Wildman–Crippen LogP) is 0.403. The van der Waals surface area contributed by atoms with E-state index in [-0.39, 0.29) is 18.7 Å². The summed E-state index contributed by atoms with van der Waals surface area (Å²) in [5.41, 5.74) is 0.894. The Morgan fingerprint density at radius 2 is 1.83 bits per heavy atom. The van der Waals surface area contributed by atoms with Gasteiger partial charge in [0.05, 0.1) is 0 Å². The van der Waals surface area contributed by atoms with Crippen LogP contribution in [0, 0.1) is 0 Å². The number of phenols is 1. The number of amides is 4. The Kier molecular flexibility index (Phi) is 3.27. The van der Waals surface area contributed by atoms with Crippen molar-refractivity contribution in [1.29, 1.82) is 0 Å². The third-order valence-electron chi connectivity index (χ3n) is 2.66. The number of urea groups is 1. The van der Waals surface area contributed by atoms with Crippen LogP contribution in [0.4, 0.5) is 4.79 Å². The number of phenolic OH excluding ortho intramolecular Hbond substituents is 1. The number of aromatic hydroxyl groups is 1. The molecule has 0 atom stereocenters. The molecule has 18 heavy (non-hydrogen) atoms. The van der Waals surface area contributed by atoms with Crippen molar-refractivity contribution < 1.29 is 19.5 Å². The summed E-state index contributed by atoms with van der Waals surface area (Å²) >= 11 is 0. The quantitative estimate of drug-likeness (QED) is 0.758. The van der Waals surface area contributed by atoms with Gasteiger partial charge in [-0.2, -0.15) is 0 Å². The number of hydrogen-bond donors (Lipinski definition) is 2. The number of barbiturate groups is 1. The van der Waals surface area contributed by atoms with E-state index in [0.29, 0.717) is 6.42 Å². The standard InChI is InChI=1S/C12H12N2O4/c15-9-3-1-8(2-4-9)5-6-14-11(17)7-10(16)13-12(14)18/h1-4,15H,5-7H2,(H,13,16,18). The normalized spacial score (nSPS) is 15.8. The van der Waals surface area contributed by atoms with E-state index in [2.05, 4.69) is 5.32 Å². The van der Waals surface area contributed by atoms with Crippen molar-refractivity contribution in [2.75, 3.05) is 6.54 Å². The van der Waals surface area contributed by atoms with Crippen LogP contribution in [0.5, 0.6) is 5.75 Å². The first-order chi connectivity index (χ1) is 8.56. The van der Waals surface area contributed by atoms with Crippen molar-refractivity contribution in [1.82, 2.24) is 10.2 Å². The van der Waals surface area contributed by atoms with E-state index >= 15 is 0 Å². The molecule has 1 aromatic carbocycles. The summed E-state index contributed by atoms with van der Waals surface area (Å²) < 4.78 is 0. The molecule has 2 rings (SSSR count). The van der Waals surface area contributed by atoms with E-state index in [0.717, 1.165) is 10.5 Å². The number of imide groups is 2. The molecule has 6 nitrogen and oxygen atoms in total. The first-order valence-corrected chi connectivity index (χ1v) is 5.48.